The predicted molar refractivity (Wildman–Crippen MR) is 77.2 cm³/mol. The fraction of sp³-hybridized carbons (Fsp3) is 0.0714. The van der Waals surface area contributed by atoms with Gasteiger partial charge in [0.1, 0.15) is 0 Å². The van der Waals surface area contributed by atoms with Gasteiger partial charge < -0.3 is 5.32 Å². The molecule has 0 fully saturated rings. The molecule has 0 bridgehead atoms. The fourth-order valence-corrected chi connectivity index (χ4v) is 2.29. The van der Waals surface area contributed by atoms with Gasteiger partial charge in [0, 0.05) is 11.3 Å². The highest BCUT2D eigenvalue weighted by Gasteiger charge is 2.30. The number of nitrogens with two attached hydrogens (primary N) is 1. The molecule has 1 amide bonds. The van der Waals surface area contributed by atoms with Crippen LogP contribution in [-0.4, -0.2) is 14.3 Å². The van der Waals surface area contributed by atoms with Gasteiger partial charge in [-0.15, -0.1) is 0 Å². The maximum absolute atomic E-state index is 12.6. The van der Waals surface area contributed by atoms with Gasteiger partial charge in [0.15, 0.2) is 0 Å². The average molecular weight is 344 g/mol. The summed E-state index contributed by atoms with van der Waals surface area (Å²) in [5.41, 5.74) is -0.838. The molecule has 9 heteroatoms. The Bertz CT molecular complexity index is 831. The van der Waals surface area contributed by atoms with E-state index in [0.717, 1.165) is 24.3 Å². The number of alkyl halides is 3. The number of anilines is 1. The van der Waals surface area contributed by atoms with Crippen LogP contribution in [0.2, 0.25) is 0 Å². The first kappa shape index (κ1) is 17.0. The first-order chi connectivity index (χ1) is 10.6. The van der Waals surface area contributed by atoms with Gasteiger partial charge >= 0.3 is 6.18 Å². The molecule has 0 atom stereocenters. The number of sulfonamides is 1. The van der Waals surface area contributed by atoms with Gasteiger partial charge in [0.05, 0.1) is 10.5 Å². The third kappa shape index (κ3) is 4.30. The number of halogens is 3. The van der Waals surface area contributed by atoms with E-state index in [9.17, 15) is 26.4 Å². The number of hydrogen-bond donors (Lipinski definition) is 2. The highest BCUT2D eigenvalue weighted by Crippen LogP contribution is 2.30. The molecule has 0 aliphatic rings. The first-order valence-corrected chi connectivity index (χ1v) is 7.73. The zero-order chi connectivity index (χ0) is 17.3. The zero-order valence-electron chi connectivity index (χ0n) is 11.5. The molecule has 0 aliphatic heterocycles. The Hall–Kier alpha value is -2.39. The van der Waals surface area contributed by atoms with Crippen LogP contribution in [0, 0.1) is 0 Å². The lowest BCUT2D eigenvalue weighted by Gasteiger charge is -2.10. The molecule has 122 valence electrons. The van der Waals surface area contributed by atoms with Crippen molar-refractivity contribution in [1.82, 2.24) is 0 Å². The Labute approximate surface area is 130 Å². The van der Waals surface area contributed by atoms with E-state index in [-0.39, 0.29) is 16.1 Å². The number of rotatable bonds is 3. The number of nitrogens with one attached hydrogen (secondary N) is 1. The van der Waals surface area contributed by atoms with Crippen molar-refractivity contribution >= 4 is 21.6 Å². The minimum atomic E-state index is -4.52. The SMILES string of the molecule is NS(=O)(=O)c1ccc(C(=O)Nc2cccc(C(F)(F)F)c2)cc1. The molecule has 0 saturated carbocycles. The molecule has 2 rings (SSSR count). The summed E-state index contributed by atoms with van der Waals surface area (Å²) in [6.45, 7) is 0. The van der Waals surface area contributed by atoms with Gasteiger partial charge in [0.2, 0.25) is 10.0 Å². The lowest BCUT2D eigenvalue weighted by molar-refractivity contribution is -0.137. The van der Waals surface area contributed by atoms with E-state index < -0.39 is 27.7 Å². The second-order valence-electron chi connectivity index (χ2n) is 4.60. The van der Waals surface area contributed by atoms with Crippen molar-refractivity contribution in [2.75, 3.05) is 5.32 Å². The number of amides is 1. The predicted octanol–water partition coefficient (Wildman–Crippen LogP) is 2.61. The monoisotopic (exact) mass is 344 g/mol. The highest BCUT2D eigenvalue weighted by molar-refractivity contribution is 7.89. The Balaban J connectivity index is 2.19. The van der Waals surface area contributed by atoms with Gasteiger partial charge in [0.25, 0.3) is 5.91 Å². The van der Waals surface area contributed by atoms with E-state index in [0.29, 0.717) is 0 Å². The largest absolute Gasteiger partial charge is 0.416 e. The van der Waals surface area contributed by atoms with E-state index in [1.165, 1.54) is 24.3 Å². The van der Waals surface area contributed by atoms with E-state index in [1.807, 2.05) is 0 Å². The Morgan fingerprint density at radius 1 is 1.04 bits per heavy atom. The molecule has 0 unspecified atom stereocenters. The van der Waals surface area contributed by atoms with Crippen LogP contribution in [0.15, 0.2) is 53.4 Å². The lowest BCUT2D eigenvalue weighted by atomic mass is 10.1. The molecule has 0 aromatic heterocycles. The molecule has 5 nitrogen and oxygen atoms in total. The summed E-state index contributed by atoms with van der Waals surface area (Å²) in [7, 11) is -3.88. The van der Waals surface area contributed by atoms with Gasteiger partial charge in [-0.3, -0.25) is 4.79 Å². The van der Waals surface area contributed by atoms with Crippen LogP contribution in [0.5, 0.6) is 0 Å². The summed E-state index contributed by atoms with van der Waals surface area (Å²) >= 11 is 0. The van der Waals surface area contributed by atoms with Crippen LogP contribution in [0.1, 0.15) is 15.9 Å². The Kier molecular flexibility index (Phi) is 4.44. The summed E-state index contributed by atoms with van der Waals surface area (Å²) in [4.78, 5) is 11.8. The quantitative estimate of drug-likeness (QED) is 0.897. The molecule has 2 aromatic carbocycles. The molecule has 0 spiro atoms. The highest BCUT2D eigenvalue weighted by atomic mass is 32.2. The standard InChI is InChI=1S/C14H11F3N2O3S/c15-14(16,17)10-2-1-3-11(8-10)19-13(20)9-4-6-12(7-5-9)23(18,21)22/h1-8H,(H,19,20)(H2,18,21,22). The van der Waals surface area contributed by atoms with Crippen molar-refractivity contribution < 1.29 is 26.4 Å². The third-order valence-corrected chi connectivity index (χ3v) is 3.82. The van der Waals surface area contributed by atoms with Crippen LogP contribution >= 0.6 is 0 Å². The van der Waals surface area contributed by atoms with Crippen molar-refractivity contribution in [2.24, 2.45) is 5.14 Å². The van der Waals surface area contributed by atoms with E-state index in [4.69, 9.17) is 5.14 Å². The van der Waals surface area contributed by atoms with Gasteiger partial charge in [-0.1, -0.05) is 6.07 Å². The maximum Gasteiger partial charge on any atom is 0.416 e. The summed E-state index contributed by atoms with van der Waals surface area (Å²) in [5, 5.41) is 7.24. The topological polar surface area (TPSA) is 89.3 Å². The second-order valence-corrected chi connectivity index (χ2v) is 6.16. The average Bonchev–Trinajstić information content (AvgIpc) is 2.46. The number of carbonyl (C=O) groups is 1. The summed E-state index contributed by atoms with van der Waals surface area (Å²) in [6.07, 6.45) is -4.52. The minimum absolute atomic E-state index is 0.0275. The molecular weight excluding hydrogens is 333 g/mol. The van der Waals surface area contributed by atoms with Crippen LogP contribution in [-0.2, 0) is 16.2 Å². The fourth-order valence-electron chi connectivity index (χ4n) is 1.77. The van der Waals surface area contributed by atoms with Crippen LogP contribution in [0.25, 0.3) is 0 Å². The Morgan fingerprint density at radius 2 is 1.65 bits per heavy atom. The van der Waals surface area contributed by atoms with Crippen LogP contribution in [0.4, 0.5) is 18.9 Å². The van der Waals surface area contributed by atoms with Gasteiger partial charge in [-0.2, -0.15) is 13.2 Å². The maximum atomic E-state index is 12.6. The van der Waals surface area contributed by atoms with Crippen molar-refractivity contribution in [1.29, 1.82) is 0 Å². The van der Waals surface area contributed by atoms with Gasteiger partial charge in [-0.05, 0) is 42.5 Å². The van der Waals surface area contributed by atoms with Crippen molar-refractivity contribution in [3.63, 3.8) is 0 Å². The third-order valence-electron chi connectivity index (χ3n) is 2.89. The number of benzene rings is 2. The molecule has 3 N–H and O–H groups in total. The van der Waals surface area contributed by atoms with Crippen molar-refractivity contribution in [3.8, 4) is 0 Å². The van der Waals surface area contributed by atoms with Crippen molar-refractivity contribution in [3.05, 3.63) is 59.7 Å². The molecule has 0 saturated heterocycles. The molecule has 23 heavy (non-hydrogen) atoms. The van der Waals surface area contributed by atoms with Crippen LogP contribution in [0.3, 0.4) is 0 Å². The second kappa shape index (κ2) is 6.01. The Morgan fingerprint density at radius 3 is 2.17 bits per heavy atom. The minimum Gasteiger partial charge on any atom is -0.322 e. The molecular formula is C14H11F3N2O3S. The summed E-state index contributed by atoms with van der Waals surface area (Å²) in [6, 6.07) is 8.86. The van der Waals surface area contributed by atoms with E-state index in [2.05, 4.69) is 5.32 Å². The molecule has 2 aromatic rings. The summed E-state index contributed by atoms with van der Waals surface area (Å²) < 4.78 is 60.0. The number of carbonyl (C=O) groups excluding carboxylic acids is 1. The zero-order valence-corrected chi connectivity index (χ0v) is 12.3. The van der Waals surface area contributed by atoms with Crippen LogP contribution < -0.4 is 10.5 Å². The first-order valence-electron chi connectivity index (χ1n) is 6.19. The molecule has 0 radical (unpaired) electrons. The van der Waals surface area contributed by atoms with Gasteiger partial charge in [-0.25, -0.2) is 13.6 Å². The summed E-state index contributed by atoms with van der Waals surface area (Å²) in [5.74, 6) is -0.676. The van der Waals surface area contributed by atoms with E-state index in [1.54, 1.807) is 0 Å². The van der Waals surface area contributed by atoms with E-state index >= 15 is 0 Å². The lowest BCUT2D eigenvalue weighted by Crippen LogP contribution is -2.15. The number of primary sulfonamides is 1. The van der Waals surface area contributed by atoms with Crippen molar-refractivity contribution in [2.45, 2.75) is 11.1 Å². The molecule has 0 aliphatic carbocycles. The normalized spacial score (nSPS) is 12.0. The number of hydrogen-bond acceptors (Lipinski definition) is 3. The smallest absolute Gasteiger partial charge is 0.322 e. The molecule has 0 heterocycles.